The van der Waals surface area contributed by atoms with Crippen molar-refractivity contribution in [1.29, 1.82) is 0 Å². The van der Waals surface area contributed by atoms with Crippen molar-refractivity contribution in [3.8, 4) is 0 Å². The van der Waals surface area contributed by atoms with Crippen molar-refractivity contribution in [3.05, 3.63) is 0 Å². The second-order valence-electron chi connectivity index (χ2n) is 5.22. The summed E-state index contributed by atoms with van der Waals surface area (Å²) in [5.74, 6) is -1.01. The predicted molar refractivity (Wildman–Crippen MR) is 70.6 cm³/mol. The molecule has 0 aliphatic heterocycles. The van der Waals surface area contributed by atoms with Crippen molar-refractivity contribution < 1.29 is 14.7 Å². The molecule has 2 amide bonds. The van der Waals surface area contributed by atoms with Gasteiger partial charge in [0.25, 0.3) is 0 Å². The maximum atomic E-state index is 12.1. The highest BCUT2D eigenvalue weighted by Crippen LogP contribution is 2.14. The lowest BCUT2D eigenvalue weighted by Gasteiger charge is -2.35. The zero-order valence-corrected chi connectivity index (χ0v) is 12.1. The topological polar surface area (TPSA) is 72.9 Å². The van der Waals surface area contributed by atoms with Crippen LogP contribution in [0.5, 0.6) is 0 Å². The highest BCUT2D eigenvalue weighted by atomic mass is 16.4. The molecule has 1 unspecified atom stereocenters. The van der Waals surface area contributed by atoms with E-state index in [2.05, 4.69) is 5.32 Å². The maximum Gasteiger partial charge on any atom is 0.329 e. The number of amides is 2. The number of urea groups is 1. The summed E-state index contributed by atoms with van der Waals surface area (Å²) < 4.78 is 0. The lowest BCUT2D eigenvalue weighted by Crippen LogP contribution is -2.57. The molecule has 0 spiro atoms. The van der Waals surface area contributed by atoms with Gasteiger partial charge in [-0.05, 0) is 41.8 Å². The number of carboxylic acids is 1. The van der Waals surface area contributed by atoms with Crippen molar-refractivity contribution in [2.24, 2.45) is 0 Å². The van der Waals surface area contributed by atoms with E-state index in [0.29, 0.717) is 13.1 Å². The van der Waals surface area contributed by atoms with Gasteiger partial charge in [0.15, 0.2) is 0 Å². The maximum absolute atomic E-state index is 12.1. The summed E-state index contributed by atoms with van der Waals surface area (Å²) in [4.78, 5) is 26.5. The van der Waals surface area contributed by atoms with Gasteiger partial charge in [0.2, 0.25) is 0 Å². The Bertz CT molecular complexity index is 303. The third kappa shape index (κ3) is 4.52. The Hall–Kier alpha value is -1.30. The Balaban J connectivity index is 4.68. The van der Waals surface area contributed by atoms with Gasteiger partial charge in [-0.1, -0.05) is 0 Å². The Morgan fingerprint density at radius 3 is 2.17 bits per heavy atom. The zero-order valence-electron chi connectivity index (χ0n) is 12.1. The molecule has 0 aliphatic rings. The van der Waals surface area contributed by atoms with Crippen LogP contribution in [0, 0.1) is 0 Å². The fourth-order valence-corrected chi connectivity index (χ4v) is 1.79. The first kappa shape index (κ1) is 16.7. The van der Waals surface area contributed by atoms with Gasteiger partial charge in [-0.2, -0.15) is 0 Å². The van der Waals surface area contributed by atoms with E-state index < -0.39 is 11.5 Å². The molecule has 0 saturated carbocycles. The molecule has 0 aromatic heterocycles. The van der Waals surface area contributed by atoms with Gasteiger partial charge >= 0.3 is 12.0 Å². The Kier molecular flexibility index (Phi) is 6.11. The average molecular weight is 259 g/mol. The monoisotopic (exact) mass is 259 g/mol. The second-order valence-corrected chi connectivity index (χ2v) is 5.22. The first-order valence-electron chi connectivity index (χ1n) is 6.09. The molecule has 0 radical (unpaired) electrons. The van der Waals surface area contributed by atoms with Crippen LogP contribution in [0.4, 0.5) is 4.79 Å². The normalized spacial score (nSPS) is 13.3. The summed E-state index contributed by atoms with van der Waals surface area (Å²) in [7, 11) is 3.84. The SMILES string of the molecule is CCN(C(=O)NC(C)CN(C)C)C(C)(C)C(=O)O. The van der Waals surface area contributed by atoms with Crippen LogP contribution in [0.2, 0.25) is 0 Å². The molecule has 106 valence electrons. The van der Waals surface area contributed by atoms with Crippen molar-refractivity contribution >= 4 is 12.0 Å². The minimum atomic E-state index is -1.21. The summed E-state index contributed by atoms with van der Waals surface area (Å²) >= 11 is 0. The third-order valence-electron chi connectivity index (χ3n) is 2.77. The summed E-state index contributed by atoms with van der Waals surface area (Å²) in [5, 5.41) is 11.9. The van der Waals surface area contributed by atoms with Gasteiger partial charge in [-0.15, -0.1) is 0 Å². The lowest BCUT2D eigenvalue weighted by molar-refractivity contribution is -0.147. The van der Waals surface area contributed by atoms with Crippen molar-refractivity contribution in [1.82, 2.24) is 15.1 Å². The minimum Gasteiger partial charge on any atom is -0.480 e. The molecule has 6 heteroatoms. The Labute approximate surface area is 109 Å². The van der Waals surface area contributed by atoms with E-state index in [9.17, 15) is 9.59 Å². The van der Waals surface area contributed by atoms with Crippen LogP contribution < -0.4 is 5.32 Å². The van der Waals surface area contributed by atoms with Crippen molar-refractivity contribution in [3.63, 3.8) is 0 Å². The zero-order chi connectivity index (χ0) is 14.5. The number of hydrogen-bond donors (Lipinski definition) is 2. The third-order valence-corrected chi connectivity index (χ3v) is 2.77. The Morgan fingerprint density at radius 1 is 1.33 bits per heavy atom. The molecule has 0 heterocycles. The van der Waals surface area contributed by atoms with E-state index in [1.807, 2.05) is 25.9 Å². The number of carbonyl (C=O) groups is 2. The van der Waals surface area contributed by atoms with E-state index in [1.54, 1.807) is 6.92 Å². The van der Waals surface area contributed by atoms with Gasteiger partial charge in [-0.3, -0.25) is 0 Å². The molecule has 1 atom stereocenters. The molecular formula is C12H25N3O3. The highest BCUT2D eigenvalue weighted by molar-refractivity contribution is 5.85. The molecule has 0 bridgehead atoms. The first-order valence-corrected chi connectivity index (χ1v) is 6.09. The molecule has 0 fully saturated rings. The van der Waals surface area contributed by atoms with Crippen LogP contribution in [0.25, 0.3) is 0 Å². The minimum absolute atomic E-state index is 0.0360. The molecule has 0 aliphatic carbocycles. The van der Waals surface area contributed by atoms with Crippen LogP contribution in [0.1, 0.15) is 27.7 Å². The number of nitrogens with zero attached hydrogens (tertiary/aromatic N) is 2. The largest absolute Gasteiger partial charge is 0.480 e. The van der Waals surface area contributed by atoms with Crippen molar-refractivity contribution in [2.75, 3.05) is 27.2 Å². The van der Waals surface area contributed by atoms with Gasteiger partial charge < -0.3 is 20.2 Å². The molecule has 0 aromatic rings. The molecule has 0 aromatic carbocycles. The quantitative estimate of drug-likeness (QED) is 0.741. The molecule has 0 saturated heterocycles. The van der Waals surface area contributed by atoms with Crippen LogP contribution in [0.15, 0.2) is 0 Å². The van der Waals surface area contributed by atoms with Gasteiger partial charge in [-0.25, -0.2) is 9.59 Å². The van der Waals surface area contributed by atoms with Gasteiger partial charge in [0.05, 0.1) is 0 Å². The number of carboxylic acid groups (broad SMARTS) is 1. The number of carbonyl (C=O) groups excluding carboxylic acids is 1. The van der Waals surface area contributed by atoms with E-state index in [0.717, 1.165) is 0 Å². The van der Waals surface area contributed by atoms with Crippen LogP contribution in [-0.2, 0) is 4.79 Å². The summed E-state index contributed by atoms with van der Waals surface area (Å²) in [6.07, 6.45) is 0. The second kappa shape index (κ2) is 6.58. The van der Waals surface area contributed by atoms with E-state index >= 15 is 0 Å². The molecule has 0 rings (SSSR count). The van der Waals surface area contributed by atoms with E-state index in [4.69, 9.17) is 5.11 Å². The molecule has 2 N–H and O–H groups in total. The fraction of sp³-hybridized carbons (Fsp3) is 0.833. The number of rotatable bonds is 6. The van der Waals surface area contributed by atoms with Gasteiger partial charge in [0, 0.05) is 19.1 Å². The molecule has 6 nitrogen and oxygen atoms in total. The van der Waals surface area contributed by atoms with E-state index in [1.165, 1.54) is 18.7 Å². The predicted octanol–water partition coefficient (Wildman–Crippen LogP) is 0.831. The highest BCUT2D eigenvalue weighted by Gasteiger charge is 2.37. The lowest BCUT2D eigenvalue weighted by atomic mass is 10.0. The summed E-state index contributed by atoms with van der Waals surface area (Å²) in [5.41, 5.74) is -1.21. The van der Waals surface area contributed by atoms with Crippen LogP contribution >= 0.6 is 0 Å². The number of aliphatic carboxylic acids is 1. The number of nitrogens with one attached hydrogen (secondary N) is 1. The van der Waals surface area contributed by atoms with Crippen LogP contribution in [-0.4, -0.2) is 65.7 Å². The van der Waals surface area contributed by atoms with E-state index in [-0.39, 0.29) is 12.1 Å². The standard InChI is InChI=1S/C12H25N3O3/c1-7-15(12(3,4)10(16)17)11(18)13-9(2)8-14(5)6/h9H,7-8H2,1-6H3,(H,13,18)(H,16,17). The Morgan fingerprint density at radius 2 is 1.83 bits per heavy atom. The smallest absolute Gasteiger partial charge is 0.329 e. The summed E-state index contributed by atoms with van der Waals surface area (Å²) in [6.45, 7) is 7.75. The molecular weight excluding hydrogens is 234 g/mol. The van der Waals surface area contributed by atoms with Crippen molar-refractivity contribution in [2.45, 2.75) is 39.3 Å². The molecule has 18 heavy (non-hydrogen) atoms. The fourth-order valence-electron chi connectivity index (χ4n) is 1.79. The average Bonchev–Trinajstić information content (AvgIpc) is 2.15. The first-order chi connectivity index (χ1) is 8.12. The van der Waals surface area contributed by atoms with Crippen LogP contribution in [0.3, 0.4) is 0 Å². The number of hydrogen-bond acceptors (Lipinski definition) is 3. The number of likely N-dealkylation sites (N-methyl/N-ethyl adjacent to an activating group) is 2. The van der Waals surface area contributed by atoms with Gasteiger partial charge in [0.1, 0.15) is 5.54 Å². The summed E-state index contributed by atoms with van der Waals surface area (Å²) in [6, 6.07) is -0.384.